The average molecular weight is 430 g/mol. The van der Waals surface area contributed by atoms with E-state index in [1.807, 2.05) is 54.6 Å². The van der Waals surface area contributed by atoms with Gasteiger partial charge in [0.1, 0.15) is 0 Å². The quantitative estimate of drug-likeness (QED) is 0.573. The second-order valence-electron chi connectivity index (χ2n) is 4.10. The number of hydrogen-bond donors (Lipinski definition) is 1. The van der Waals surface area contributed by atoms with Gasteiger partial charge in [-0.3, -0.25) is 4.79 Å². The molecular formula is C15H13BrINO. The fourth-order valence-electron chi connectivity index (χ4n) is 1.67. The van der Waals surface area contributed by atoms with Crippen LogP contribution in [0.3, 0.4) is 0 Å². The molecule has 19 heavy (non-hydrogen) atoms. The summed E-state index contributed by atoms with van der Waals surface area (Å²) in [7, 11) is 0. The minimum absolute atomic E-state index is 0.0446. The number of carbonyl (C=O) groups is 1. The maximum absolute atomic E-state index is 12.0. The van der Waals surface area contributed by atoms with Gasteiger partial charge in [-0.1, -0.05) is 46.3 Å². The zero-order valence-corrected chi connectivity index (χ0v) is 13.9. The van der Waals surface area contributed by atoms with Gasteiger partial charge in [0.25, 0.3) is 5.91 Å². The lowest BCUT2D eigenvalue weighted by Gasteiger charge is -2.11. The van der Waals surface area contributed by atoms with Crippen LogP contribution in [0.15, 0.2) is 54.6 Å². The Balaban J connectivity index is 1.92. The van der Waals surface area contributed by atoms with Gasteiger partial charge in [-0.05, 0) is 52.4 Å². The second-order valence-corrected chi connectivity index (χ2v) is 6.45. The molecular weight excluding hydrogens is 417 g/mol. The lowest BCUT2D eigenvalue weighted by Crippen LogP contribution is -2.26. The number of halogens is 2. The first-order valence-corrected chi connectivity index (χ1v) is 7.89. The zero-order valence-electron chi connectivity index (χ0n) is 10.1. The molecule has 2 nitrogen and oxygen atoms in total. The largest absolute Gasteiger partial charge is 0.351 e. The van der Waals surface area contributed by atoms with Crippen LogP contribution in [0.4, 0.5) is 0 Å². The molecule has 0 spiro atoms. The van der Waals surface area contributed by atoms with Crippen LogP contribution in [0.1, 0.15) is 20.7 Å². The van der Waals surface area contributed by atoms with E-state index in [2.05, 4.69) is 43.8 Å². The molecule has 0 bridgehead atoms. The highest BCUT2D eigenvalue weighted by atomic mass is 127. The van der Waals surface area contributed by atoms with Crippen molar-refractivity contribution in [2.75, 3.05) is 6.54 Å². The second kappa shape index (κ2) is 7.05. The predicted molar refractivity (Wildman–Crippen MR) is 89.6 cm³/mol. The van der Waals surface area contributed by atoms with E-state index in [9.17, 15) is 4.79 Å². The molecule has 4 heteroatoms. The highest BCUT2D eigenvalue weighted by molar-refractivity contribution is 14.1. The first-order chi connectivity index (χ1) is 9.16. The minimum Gasteiger partial charge on any atom is -0.351 e. The summed E-state index contributed by atoms with van der Waals surface area (Å²) in [5.41, 5.74) is 1.85. The molecule has 1 amide bonds. The van der Waals surface area contributed by atoms with Crippen molar-refractivity contribution in [3.63, 3.8) is 0 Å². The van der Waals surface area contributed by atoms with Crippen molar-refractivity contribution in [3.8, 4) is 0 Å². The minimum atomic E-state index is -0.0446. The molecule has 0 saturated heterocycles. The van der Waals surface area contributed by atoms with Gasteiger partial charge in [0, 0.05) is 15.7 Å². The Morgan fingerprint density at radius 1 is 1.11 bits per heavy atom. The molecule has 2 rings (SSSR count). The van der Waals surface area contributed by atoms with Crippen molar-refractivity contribution in [1.82, 2.24) is 5.32 Å². The van der Waals surface area contributed by atoms with Gasteiger partial charge in [-0.15, -0.1) is 0 Å². The third-order valence-electron chi connectivity index (χ3n) is 2.71. The maximum Gasteiger partial charge on any atom is 0.251 e. The van der Waals surface area contributed by atoms with Gasteiger partial charge in [0.2, 0.25) is 0 Å². The number of carbonyl (C=O) groups excluding carboxylic acids is 1. The number of hydrogen-bond acceptors (Lipinski definition) is 1. The number of rotatable bonds is 4. The Kier molecular flexibility index (Phi) is 5.39. The van der Waals surface area contributed by atoms with E-state index in [1.54, 1.807) is 0 Å². The first kappa shape index (κ1) is 14.5. The summed E-state index contributed by atoms with van der Waals surface area (Å²) in [5, 5.41) is 2.93. The molecule has 0 heterocycles. The molecule has 0 fully saturated rings. The fraction of sp³-hybridized carbons (Fsp3) is 0.133. The van der Waals surface area contributed by atoms with E-state index >= 15 is 0 Å². The molecule has 0 saturated carbocycles. The summed E-state index contributed by atoms with van der Waals surface area (Å²) in [5.74, 6) is -0.0446. The molecule has 0 aromatic heterocycles. The Bertz CT molecular complexity index is 542. The van der Waals surface area contributed by atoms with E-state index in [-0.39, 0.29) is 10.7 Å². The highest BCUT2D eigenvalue weighted by Crippen LogP contribution is 2.21. The van der Waals surface area contributed by atoms with Crippen LogP contribution in [-0.2, 0) is 0 Å². The Hall–Kier alpha value is -0.880. The van der Waals surface area contributed by atoms with Gasteiger partial charge in [-0.25, -0.2) is 0 Å². The molecule has 0 aliphatic rings. The van der Waals surface area contributed by atoms with Crippen LogP contribution in [0.2, 0.25) is 0 Å². The van der Waals surface area contributed by atoms with E-state index in [4.69, 9.17) is 0 Å². The predicted octanol–water partition coefficient (Wildman–Crippen LogP) is 4.16. The van der Waals surface area contributed by atoms with E-state index < -0.39 is 0 Å². The van der Waals surface area contributed by atoms with Crippen LogP contribution in [-0.4, -0.2) is 12.5 Å². The summed E-state index contributed by atoms with van der Waals surface area (Å²) in [6.07, 6.45) is 0. The van der Waals surface area contributed by atoms with Crippen molar-refractivity contribution in [1.29, 1.82) is 0 Å². The van der Waals surface area contributed by atoms with Crippen molar-refractivity contribution >= 4 is 44.4 Å². The normalized spacial score (nSPS) is 11.9. The summed E-state index contributed by atoms with van der Waals surface area (Å²) in [6.45, 7) is 0.564. The van der Waals surface area contributed by atoms with Gasteiger partial charge < -0.3 is 5.32 Å². The van der Waals surface area contributed by atoms with Crippen molar-refractivity contribution in [2.45, 2.75) is 4.83 Å². The van der Waals surface area contributed by atoms with Crippen LogP contribution in [0.25, 0.3) is 0 Å². The molecule has 2 aromatic carbocycles. The number of nitrogens with one attached hydrogen (secondary N) is 1. The lowest BCUT2D eigenvalue weighted by atomic mass is 10.1. The van der Waals surface area contributed by atoms with Crippen molar-refractivity contribution < 1.29 is 4.79 Å². The lowest BCUT2D eigenvalue weighted by molar-refractivity contribution is 0.0954. The monoisotopic (exact) mass is 429 g/mol. The summed E-state index contributed by atoms with van der Waals surface area (Å²) >= 11 is 5.80. The molecule has 1 unspecified atom stereocenters. The Labute approximate surface area is 134 Å². The van der Waals surface area contributed by atoms with Crippen LogP contribution in [0, 0.1) is 3.57 Å². The summed E-state index contributed by atoms with van der Waals surface area (Å²) < 4.78 is 1.12. The van der Waals surface area contributed by atoms with Gasteiger partial charge in [-0.2, -0.15) is 0 Å². The van der Waals surface area contributed by atoms with Gasteiger partial charge >= 0.3 is 0 Å². The molecule has 2 aromatic rings. The Morgan fingerprint density at radius 2 is 1.74 bits per heavy atom. The van der Waals surface area contributed by atoms with E-state index in [1.165, 1.54) is 0 Å². The van der Waals surface area contributed by atoms with Crippen LogP contribution >= 0.6 is 38.5 Å². The number of alkyl halides is 1. The van der Waals surface area contributed by atoms with Crippen molar-refractivity contribution in [3.05, 3.63) is 69.3 Å². The van der Waals surface area contributed by atoms with E-state index in [0.29, 0.717) is 12.1 Å². The molecule has 0 aliphatic carbocycles. The standard InChI is InChI=1S/C15H13BrINO/c16-14(11-4-2-1-3-5-11)10-18-15(19)12-6-8-13(17)9-7-12/h1-9,14H,10H2,(H,18,19). The first-order valence-electron chi connectivity index (χ1n) is 5.89. The topological polar surface area (TPSA) is 29.1 Å². The van der Waals surface area contributed by atoms with Gasteiger partial charge in [0.05, 0.1) is 4.83 Å². The molecule has 0 radical (unpaired) electrons. The Morgan fingerprint density at radius 3 is 2.37 bits per heavy atom. The smallest absolute Gasteiger partial charge is 0.251 e. The van der Waals surface area contributed by atoms with Crippen LogP contribution < -0.4 is 5.32 Å². The molecule has 1 atom stereocenters. The van der Waals surface area contributed by atoms with Crippen molar-refractivity contribution in [2.24, 2.45) is 0 Å². The molecule has 98 valence electrons. The highest BCUT2D eigenvalue weighted by Gasteiger charge is 2.10. The maximum atomic E-state index is 12.0. The fourth-order valence-corrected chi connectivity index (χ4v) is 2.49. The van der Waals surface area contributed by atoms with Crippen LogP contribution in [0.5, 0.6) is 0 Å². The average Bonchev–Trinajstić information content (AvgIpc) is 2.46. The summed E-state index contributed by atoms with van der Waals surface area (Å²) in [6, 6.07) is 17.6. The third kappa shape index (κ3) is 4.31. The number of benzene rings is 2. The zero-order chi connectivity index (χ0) is 13.7. The number of amides is 1. The van der Waals surface area contributed by atoms with E-state index in [0.717, 1.165) is 9.13 Å². The van der Waals surface area contributed by atoms with Gasteiger partial charge in [0.15, 0.2) is 0 Å². The summed E-state index contributed by atoms with van der Waals surface area (Å²) in [4.78, 5) is 12.1. The SMILES string of the molecule is O=C(NCC(Br)c1ccccc1)c1ccc(I)cc1. The molecule has 0 aliphatic heterocycles. The molecule has 1 N–H and O–H groups in total. The third-order valence-corrected chi connectivity index (χ3v) is 4.28.